The van der Waals surface area contributed by atoms with Gasteiger partial charge in [0.15, 0.2) is 0 Å². The molecule has 1 atom stereocenters. The molecule has 2 heterocycles. The van der Waals surface area contributed by atoms with Crippen LogP contribution < -0.4 is 4.74 Å². The number of ketones is 1. The van der Waals surface area contributed by atoms with Crippen molar-refractivity contribution < 1.29 is 23.8 Å². The predicted molar refractivity (Wildman–Crippen MR) is 115 cm³/mol. The third-order valence-electron chi connectivity index (χ3n) is 5.45. The van der Waals surface area contributed by atoms with Crippen molar-refractivity contribution in [3.63, 3.8) is 0 Å². The number of carbonyl (C=O) groups is 2. The van der Waals surface area contributed by atoms with Gasteiger partial charge in [0.25, 0.3) is 11.7 Å². The summed E-state index contributed by atoms with van der Waals surface area (Å²) in [5, 5.41) is 11.1. The fourth-order valence-electron chi connectivity index (χ4n) is 3.95. The summed E-state index contributed by atoms with van der Waals surface area (Å²) in [6.45, 7) is 0.904. The van der Waals surface area contributed by atoms with Crippen molar-refractivity contribution in [1.82, 2.24) is 14.5 Å². The van der Waals surface area contributed by atoms with Crippen molar-refractivity contribution in [2.24, 2.45) is 0 Å². The van der Waals surface area contributed by atoms with E-state index < -0.39 is 29.3 Å². The average Bonchev–Trinajstić information content (AvgIpc) is 3.41. The number of aryl methyl sites for hydroxylation is 1. The molecule has 0 aliphatic carbocycles. The Kier molecular flexibility index (Phi) is 6.02. The lowest BCUT2D eigenvalue weighted by molar-refractivity contribution is -0.139. The van der Waals surface area contributed by atoms with Gasteiger partial charge in [-0.3, -0.25) is 9.59 Å². The van der Waals surface area contributed by atoms with Gasteiger partial charge in [0, 0.05) is 25.5 Å². The Morgan fingerprint density at radius 2 is 1.94 bits per heavy atom. The van der Waals surface area contributed by atoms with Crippen molar-refractivity contribution in [1.29, 1.82) is 0 Å². The average molecular weight is 435 g/mol. The predicted octanol–water partition coefficient (Wildman–Crippen LogP) is 3.54. The van der Waals surface area contributed by atoms with Gasteiger partial charge in [-0.15, -0.1) is 0 Å². The zero-order chi connectivity index (χ0) is 22.7. The summed E-state index contributed by atoms with van der Waals surface area (Å²) in [6, 6.07) is 11.8. The Morgan fingerprint density at radius 1 is 1.16 bits per heavy atom. The quantitative estimate of drug-likeness (QED) is 0.349. The van der Waals surface area contributed by atoms with Crippen LogP contribution in [0.4, 0.5) is 4.39 Å². The molecular formula is C24H22FN3O4. The van der Waals surface area contributed by atoms with Gasteiger partial charge in [-0.2, -0.15) is 0 Å². The van der Waals surface area contributed by atoms with Gasteiger partial charge in [0.2, 0.25) is 0 Å². The highest BCUT2D eigenvalue weighted by molar-refractivity contribution is 6.46. The summed E-state index contributed by atoms with van der Waals surface area (Å²) in [5.41, 5.74) is 0.601. The highest BCUT2D eigenvalue weighted by Gasteiger charge is 2.46. The Labute approximate surface area is 184 Å². The minimum absolute atomic E-state index is 0.0184. The monoisotopic (exact) mass is 435 g/mol. The molecule has 0 unspecified atom stereocenters. The van der Waals surface area contributed by atoms with E-state index in [-0.39, 0.29) is 16.9 Å². The first-order valence-corrected chi connectivity index (χ1v) is 10.1. The van der Waals surface area contributed by atoms with Crippen molar-refractivity contribution in [2.75, 3.05) is 13.7 Å². The maximum absolute atomic E-state index is 13.9. The molecule has 1 aliphatic heterocycles. The van der Waals surface area contributed by atoms with E-state index in [9.17, 15) is 19.1 Å². The van der Waals surface area contributed by atoms with Gasteiger partial charge >= 0.3 is 0 Å². The van der Waals surface area contributed by atoms with E-state index in [4.69, 9.17) is 4.74 Å². The van der Waals surface area contributed by atoms with Crippen LogP contribution in [0.15, 0.2) is 72.8 Å². The number of imidazole rings is 1. The number of aromatic nitrogens is 2. The van der Waals surface area contributed by atoms with Crippen LogP contribution in [-0.2, 0) is 16.1 Å². The van der Waals surface area contributed by atoms with Gasteiger partial charge in [-0.25, -0.2) is 9.37 Å². The van der Waals surface area contributed by atoms with Crippen LogP contribution in [0.25, 0.3) is 5.76 Å². The third-order valence-corrected chi connectivity index (χ3v) is 5.45. The van der Waals surface area contributed by atoms with E-state index >= 15 is 0 Å². The first kappa shape index (κ1) is 21.3. The van der Waals surface area contributed by atoms with Gasteiger partial charge in [-0.1, -0.05) is 30.3 Å². The fourth-order valence-corrected chi connectivity index (χ4v) is 3.95. The van der Waals surface area contributed by atoms with E-state index in [0.29, 0.717) is 25.1 Å². The summed E-state index contributed by atoms with van der Waals surface area (Å²) in [5.74, 6) is -2.39. The molecule has 1 fully saturated rings. The van der Waals surface area contributed by atoms with Crippen LogP contribution in [0.1, 0.15) is 23.6 Å². The summed E-state index contributed by atoms with van der Waals surface area (Å²) >= 11 is 0. The first-order valence-electron chi connectivity index (χ1n) is 10.1. The number of ether oxygens (including phenoxy) is 1. The number of aliphatic hydroxyl groups excluding tert-OH is 1. The lowest BCUT2D eigenvalue weighted by atomic mass is 9.95. The molecule has 1 aromatic heterocycles. The highest BCUT2D eigenvalue weighted by atomic mass is 19.1. The number of nitrogens with zero attached hydrogens (tertiary/aromatic N) is 3. The molecule has 0 saturated carbocycles. The number of benzene rings is 2. The van der Waals surface area contributed by atoms with E-state index in [1.54, 1.807) is 36.8 Å². The minimum atomic E-state index is -0.815. The number of hydrogen-bond donors (Lipinski definition) is 1. The Bertz CT molecular complexity index is 1160. The summed E-state index contributed by atoms with van der Waals surface area (Å²) in [6.07, 6.45) is 5.75. The summed E-state index contributed by atoms with van der Waals surface area (Å²) < 4.78 is 21.1. The molecule has 1 N–H and O–H groups in total. The minimum Gasteiger partial charge on any atom is -0.507 e. The number of hydrogen-bond acceptors (Lipinski definition) is 5. The lowest BCUT2D eigenvalue weighted by Crippen LogP contribution is -2.31. The Morgan fingerprint density at radius 3 is 2.62 bits per heavy atom. The van der Waals surface area contributed by atoms with Gasteiger partial charge in [0.1, 0.15) is 17.3 Å². The number of aliphatic hydroxyl groups is 1. The van der Waals surface area contributed by atoms with Crippen LogP contribution in [0.5, 0.6) is 5.75 Å². The molecule has 0 spiro atoms. The molecule has 2 aromatic carbocycles. The van der Waals surface area contributed by atoms with Crippen LogP contribution in [0, 0.1) is 5.82 Å². The molecule has 1 saturated heterocycles. The number of Topliss-reactive ketones (excluding diaryl/α,β-unsaturated/α-hetero) is 1. The normalized spacial score (nSPS) is 17.7. The highest BCUT2D eigenvalue weighted by Crippen LogP contribution is 2.41. The van der Waals surface area contributed by atoms with E-state index in [2.05, 4.69) is 4.98 Å². The molecular weight excluding hydrogens is 413 g/mol. The number of rotatable bonds is 7. The topological polar surface area (TPSA) is 84.7 Å². The first-order chi connectivity index (χ1) is 15.5. The molecule has 0 radical (unpaired) electrons. The maximum atomic E-state index is 13.9. The molecule has 1 amide bonds. The Balaban J connectivity index is 1.76. The van der Waals surface area contributed by atoms with Crippen molar-refractivity contribution in [3.8, 4) is 5.75 Å². The third kappa shape index (κ3) is 3.99. The zero-order valence-electron chi connectivity index (χ0n) is 17.4. The number of amides is 1. The van der Waals surface area contributed by atoms with Crippen molar-refractivity contribution >= 4 is 17.4 Å². The van der Waals surface area contributed by atoms with Gasteiger partial charge in [0.05, 0.1) is 30.6 Å². The number of methoxy groups -OCH3 is 1. The van der Waals surface area contributed by atoms with Crippen LogP contribution in [-0.4, -0.2) is 44.9 Å². The smallest absolute Gasteiger partial charge is 0.295 e. The number of carbonyl (C=O) groups excluding carboxylic acids is 2. The number of halogens is 1. The molecule has 1 aliphatic rings. The van der Waals surface area contributed by atoms with Crippen LogP contribution in [0.2, 0.25) is 0 Å². The van der Waals surface area contributed by atoms with E-state index in [1.165, 1.54) is 24.1 Å². The van der Waals surface area contributed by atoms with Gasteiger partial charge in [-0.05, 0) is 30.2 Å². The fraction of sp³-hybridized carbons (Fsp3) is 0.208. The summed E-state index contributed by atoms with van der Waals surface area (Å²) in [7, 11) is 1.38. The second-order valence-corrected chi connectivity index (χ2v) is 7.40. The standard InChI is InChI=1S/C24H22FN3O4/c1-32-19-9-8-17(25)14-18(19)22(29)20-21(16-6-3-2-4-7-16)28(24(31)23(20)30)12-5-11-27-13-10-26-15-27/h2-4,6-10,13-15,21,29H,5,11-12H2,1H3/b22-20+/t21-/m0/s1. The molecule has 0 bridgehead atoms. The van der Waals surface area contributed by atoms with Gasteiger partial charge < -0.3 is 19.3 Å². The molecule has 164 valence electrons. The second kappa shape index (κ2) is 9.05. The summed E-state index contributed by atoms with van der Waals surface area (Å²) in [4.78, 5) is 31.4. The molecule has 4 rings (SSSR count). The molecule has 8 heteroatoms. The van der Waals surface area contributed by atoms with Crippen LogP contribution in [0.3, 0.4) is 0 Å². The largest absolute Gasteiger partial charge is 0.507 e. The number of likely N-dealkylation sites (tertiary alicyclic amines) is 1. The zero-order valence-corrected chi connectivity index (χ0v) is 17.4. The maximum Gasteiger partial charge on any atom is 0.295 e. The Hall–Kier alpha value is -3.94. The van der Waals surface area contributed by atoms with Crippen molar-refractivity contribution in [2.45, 2.75) is 19.0 Å². The molecule has 32 heavy (non-hydrogen) atoms. The molecule has 3 aromatic rings. The SMILES string of the molecule is COc1ccc(F)cc1/C(O)=C1\C(=O)C(=O)N(CCCn2ccnc2)[C@H]1c1ccccc1. The van der Waals surface area contributed by atoms with Crippen LogP contribution >= 0.6 is 0 Å². The van der Waals surface area contributed by atoms with E-state index in [1.807, 2.05) is 16.8 Å². The second-order valence-electron chi connectivity index (χ2n) is 7.40. The lowest BCUT2D eigenvalue weighted by Gasteiger charge is -2.25. The molecule has 7 nitrogen and oxygen atoms in total. The van der Waals surface area contributed by atoms with Crippen molar-refractivity contribution in [3.05, 3.63) is 89.8 Å². The van der Waals surface area contributed by atoms with E-state index in [0.717, 1.165) is 6.07 Å².